The van der Waals surface area contributed by atoms with Gasteiger partial charge in [0.15, 0.2) is 0 Å². The van der Waals surface area contributed by atoms with Gasteiger partial charge in [-0.15, -0.1) is 40.6 Å². The van der Waals surface area contributed by atoms with E-state index in [0.29, 0.717) is 0 Å². The van der Waals surface area contributed by atoms with Crippen molar-refractivity contribution >= 4 is 10.8 Å². The van der Waals surface area contributed by atoms with Crippen LogP contribution in [-0.4, -0.2) is 25.5 Å². The molecule has 0 aromatic heterocycles. The van der Waals surface area contributed by atoms with Crippen LogP contribution in [0.25, 0.3) is 10.8 Å². The van der Waals surface area contributed by atoms with Crippen LogP contribution in [0, 0.1) is 34.6 Å². The minimum Gasteiger partial charge on any atom is -1.00 e. The third kappa shape index (κ3) is 7.79. The normalized spacial score (nSPS) is 9.86. The molecule has 4 heteroatoms. The van der Waals surface area contributed by atoms with Crippen LogP contribution in [0.1, 0.15) is 39.8 Å². The van der Waals surface area contributed by atoms with E-state index in [1.165, 1.54) is 63.5 Å². The molecule has 3 aromatic rings. The first kappa shape index (κ1) is 29.8. The van der Waals surface area contributed by atoms with Gasteiger partial charge >= 0.3 is 26.2 Å². The molecule has 0 aliphatic carbocycles. The summed E-state index contributed by atoms with van der Waals surface area (Å²) >= 11 is 0. The SMILES string of the molecule is CN(C)CCCc1cc2ccccc2[cH-]1.Cc1c(C)c(C)[c-](C)c1C.[Cl-].[Cl-].[Zr+4]. The summed E-state index contributed by atoms with van der Waals surface area (Å²) in [7, 11) is 4.25. The van der Waals surface area contributed by atoms with E-state index >= 15 is 0 Å². The number of nitrogens with zero attached hydrogens (tertiary/aromatic N) is 1. The van der Waals surface area contributed by atoms with E-state index in [1.54, 1.807) is 0 Å². The molecule has 0 amide bonds. The van der Waals surface area contributed by atoms with Crippen molar-refractivity contribution in [1.82, 2.24) is 4.90 Å². The molecule has 0 bridgehead atoms. The van der Waals surface area contributed by atoms with E-state index in [0.717, 1.165) is 0 Å². The fourth-order valence-corrected chi connectivity index (χ4v) is 3.36. The molecule has 0 saturated carbocycles. The molecule has 0 fully saturated rings. The molecular weight excluding hydrogens is 464 g/mol. The van der Waals surface area contributed by atoms with Crippen molar-refractivity contribution in [2.45, 2.75) is 47.5 Å². The summed E-state index contributed by atoms with van der Waals surface area (Å²) < 4.78 is 0. The molecule has 0 N–H and O–H groups in total. The number of aryl methyl sites for hydroxylation is 1. The fraction of sp³-hybridized carbons (Fsp3) is 0.417. The summed E-state index contributed by atoms with van der Waals surface area (Å²) in [4.78, 5) is 2.24. The maximum absolute atomic E-state index is 2.31. The zero-order valence-corrected chi connectivity index (χ0v) is 22.3. The van der Waals surface area contributed by atoms with Gasteiger partial charge in [0.1, 0.15) is 0 Å². The van der Waals surface area contributed by atoms with E-state index in [4.69, 9.17) is 0 Å². The summed E-state index contributed by atoms with van der Waals surface area (Å²) in [5, 5.41) is 2.75. The third-order valence-electron chi connectivity index (χ3n) is 5.56. The molecule has 0 heterocycles. The molecule has 28 heavy (non-hydrogen) atoms. The second-order valence-corrected chi connectivity index (χ2v) is 7.52. The van der Waals surface area contributed by atoms with Gasteiger partial charge < -0.3 is 29.7 Å². The zero-order valence-electron chi connectivity index (χ0n) is 18.3. The van der Waals surface area contributed by atoms with Crippen molar-refractivity contribution in [3.05, 3.63) is 69.8 Å². The van der Waals surface area contributed by atoms with Crippen LogP contribution in [0.2, 0.25) is 0 Å². The quantitative estimate of drug-likeness (QED) is 0.459. The Balaban J connectivity index is 0. The van der Waals surface area contributed by atoms with Crippen molar-refractivity contribution in [3.8, 4) is 0 Å². The van der Waals surface area contributed by atoms with Crippen LogP contribution < -0.4 is 24.8 Å². The first-order valence-corrected chi connectivity index (χ1v) is 9.30. The summed E-state index contributed by atoms with van der Waals surface area (Å²) in [6.45, 7) is 12.2. The maximum atomic E-state index is 2.31. The first-order chi connectivity index (χ1) is 11.8. The molecule has 0 radical (unpaired) electrons. The van der Waals surface area contributed by atoms with E-state index < -0.39 is 0 Å². The summed E-state index contributed by atoms with van der Waals surface area (Å²) in [5.74, 6) is 0. The average molecular weight is 498 g/mol. The molecular formula is C24H33Cl2NZr. The van der Waals surface area contributed by atoms with Gasteiger partial charge in [0.2, 0.25) is 0 Å². The Morgan fingerprint density at radius 2 is 1.46 bits per heavy atom. The smallest absolute Gasteiger partial charge is 1.00 e. The zero-order chi connectivity index (χ0) is 18.6. The number of hydrogen-bond donors (Lipinski definition) is 0. The Morgan fingerprint density at radius 3 is 1.89 bits per heavy atom. The number of benzene rings is 1. The van der Waals surface area contributed by atoms with Crippen molar-refractivity contribution in [2.75, 3.05) is 20.6 Å². The van der Waals surface area contributed by atoms with E-state index in [2.05, 4.69) is 90.0 Å². The van der Waals surface area contributed by atoms with Crippen molar-refractivity contribution in [2.24, 2.45) is 0 Å². The Kier molecular flexibility index (Phi) is 14.6. The van der Waals surface area contributed by atoms with Gasteiger partial charge in [-0.2, -0.15) is 33.9 Å². The average Bonchev–Trinajstić information content (AvgIpc) is 3.07. The van der Waals surface area contributed by atoms with Crippen LogP contribution in [0.5, 0.6) is 0 Å². The van der Waals surface area contributed by atoms with Crippen LogP contribution in [0.3, 0.4) is 0 Å². The second-order valence-electron chi connectivity index (χ2n) is 7.52. The van der Waals surface area contributed by atoms with Gasteiger partial charge in [-0.1, -0.05) is 40.7 Å². The molecule has 3 rings (SSSR count). The van der Waals surface area contributed by atoms with Crippen molar-refractivity contribution in [1.29, 1.82) is 0 Å². The Morgan fingerprint density at radius 1 is 0.929 bits per heavy atom. The minimum absolute atomic E-state index is 0. The molecule has 0 unspecified atom stereocenters. The standard InChI is InChI=1S/C14H18N.C10H15.2ClH.Zr/c1-15(2)9-5-6-12-10-13-7-3-4-8-14(13)11-12;1-6-7(2)9(4)10(5)8(6)3;;;/h3-4,7-8,10-11H,5-6,9H2,1-2H3;1-5H3;2*1H;/q2*-1;;;+4/p-2. The van der Waals surface area contributed by atoms with Crippen LogP contribution >= 0.6 is 0 Å². The number of halogens is 2. The van der Waals surface area contributed by atoms with Crippen LogP contribution in [-0.2, 0) is 32.6 Å². The number of hydrogen-bond acceptors (Lipinski definition) is 1. The van der Waals surface area contributed by atoms with Crippen LogP contribution in [0.15, 0.2) is 36.4 Å². The van der Waals surface area contributed by atoms with Gasteiger partial charge in [0.25, 0.3) is 0 Å². The monoisotopic (exact) mass is 495 g/mol. The molecule has 0 atom stereocenters. The van der Waals surface area contributed by atoms with E-state index in [-0.39, 0.29) is 51.0 Å². The minimum atomic E-state index is 0. The maximum Gasteiger partial charge on any atom is 4.00 e. The van der Waals surface area contributed by atoms with Gasteiger partial charge in [-0.25, -0.2) is 0 Å². The van der Waals surface area contributed by atoms with Crippen LogP contribution in [0.4, 0.5) is 0 Å². The van der Waals surface area contributed by atoms with Crippen molar-refractivity contribution in [3.63, 3.8) is 0 Å². The largest absolute Gasteiger partial charge is 4.00 e. The topological polar surface area (TPSA) is 3.24 Å². The fourth-order valence-electron chi connectivity index (χ4n) is 3.36. The van der Waals surface area contributed by atoms with E-state index in [9.17, 15) is 0 Å². The molecule has 0 aliphatic rings. The number of rotatable bonds is 4. The predicted octanol–water partition coefficient (Wildman–Crippen LogP) is 0.00600. The second kappa shape index (κ2) is 13.8. The molecule has 152 valence electrons. The Labute approximate surface area is 203 Å². The third-order valence-corrected chi connectivity index (χ3v) is 5.56. The Hall–Kier alpha value is -0.397. The van der Waals surface area contributed by atoms with Gasteiger partial charge in [0, 0.05) is 0 Å². The summed E-state index contributed by atoms with van der Waals surface area (Å²) in [5.41, 5.74) is 8.81. The number of fused-ring (bicyclic) bond motifs is 1. The summed E-state index contributed by atoms with van der Waals surface area (Å²) in [6, 6.07) is 13.2. The molecule has 0 aliphatic heterocycles. The molecule has 3 aromatic carbocycles. The van der Waals surface area contributed by atoms with Gasteiger partial charge in [0.05, 0.1) is 0 Å². The molecule has 0 spiro atoms. The van der Waals surface area contributed by atoms with Crippen molar-refractivity contribution < 1.29 is 51.0 Å². The Bertz CT molecular complexity index is 717. The van der Waals surface area contributed by atoms with Gasteiger partial charge in [-0.05, 0) is 33.5 Å². The van der Waals surface area contributed by atoms with E-state index in [1.807, 2.05) is 0 Å². The predicted molar refractivity (Wildman–Crippen MR) is 112 cm³/mol. The van der Waals surface area contributed by atoms with Gasteiger partial charge in [-0.3, -0.25) is 0 Å². The first-order valence-electron chi connectivity index (χ1n) is 9.30. The molecule has 0 saturated heterocycles. The summed E-state index contributed by atoms with van der Waals surface area (Å²) in [6.07, 6.45) is 2.43. The molecule has 1 nitrogen and oxygen atoms in total.